The zero-order chi connectivity index (χ0) is 9.90. The van der Waals surface area contributed by atoms with Gasteiger partial charge in [-0.05, 0) is 24.7 Å². The van der Waals surface area contributed by atoms with Crippen LogP contribution in [0, 0.1) is 5.41 Å². The van der Waals surface area contributed by atoms with E-state index in [1.807, 2.05) is 0 Å². The van der Waals surface area contributed by atoms with Crippen LogP contribution in [0.5, 0.6) is 0 Å². The topological polar surface area (TPSA) is 66.4 Å². The zero-order valence-corrected chi connectivity index (χ0v) is 7.80. The van der Waals surface area contributed by atoms with E-state index in [-0.39, 0.29) is 11.3 Å². The second kappa shape index (κ2) is 3.77. The Morgan fingerprint density at radius 3 is 2.46 bits per heavy atom. The van der Waals surface area contributed by atoms with Crippen LogP contribution in [0.2, 0.25) is 0 Å². The molecule has 0 spiro atoms. The average Bonchev–Trinajstić information content (AvgIpc) is 2.80. The number of nitrogens with one attached hydrogen (secondary N) is 1. The van der Waals surface area contributed by atoms with Crippen LogP contribution in [0.3, 0.4) is 0 Å². The van der Waals surface area contributed by atoms with Gasteiger partial charge in [0.05, 0.1) is 0 Å². The molecule has 1 saturated carbocycles. The Morgan fingerprint density at radius 2 is 2.08 bits per heavy atom. The van der Waals surface area contributed by atoms with Gasteiger partial charge in [0, 0.05) is 6.54 Å². The highest BCUT2D eigenvalue weighted by atomic mass is 16.4. The normalized spacial score (nSPS) is 17.9. The summed E-state index contributed by atoms with van der Waals surface area (Å²) in [5.41, 5.74) is 0.286. The summed E-state index contributed by atoms with van der Waals surface area (Å²) in [6.07, 6.45) is 2.94. The number of hydrogen-bond acceptors (Lipinski definition) is 2. The first-order chi connectivity index (χ1) is 6.08. The number of rotatable bonds is 5. The maximum atomic E-state index is 11.0. The highest BCUT2D eigenvalue weighted by molar-refractivity contribution is 5.93. The molecule has 1 fully saturated rings. The van der Waals surface area contributed by atoms with Crippen LogP contribution in [0.1, 0.15) is 32.6 Å². The summed E-state index contributed by atoms with van der Waals surface area (Å²) >= 11 is 0. The van der Waals surface area contributed by atoms with E-state index in [0.717, 1.165) is 19.3 Å². The fourth-order valence-corrected chi connectivity index (χ4v) is 1.32. The second-order valence-corrected chi connectivity index (χ2v) is 3.70. The van der Waals surface area contributed by atoms with Gasteiger partial charge in [-0.3, -0.25) is 9.59 Å². The van der Waals surface area contributed by atoms with Crippen molar-refractivity contribution in [2.24, 2.45) is 5.41 Å². The molecule has 0 radical (unpaired) electrons. The van der Waals surface area contributed by atoms with Gasteiger partial charge in [0.1, 0.15) is 6.42 Å². The minimum Gasteiger partial charge on any atom is -0.481 e. The SMILES string of the molecule is CCC1(CNC(=O)CC(=O)O)CC1. The molecule has 1 amide bonds. The van der Waals surface area contributed by atoms with Gasteiger partial charge in [-0.25, -0.2) is 0 Å². The molecule has 0 aromatic heterocycles. The predicted octanol–water partition coefficient (Wildman–Crippen LogP) is 0.767. The molecule has 1 aliphatic carbocycles. The second-order valence-electron chi connectivity index (χ2n) is 3.70. The van der Waals surface area contributed by atoms with E-state index in [0.29, 0.717) is 6.54 Å². The number of carboxylic acid groups (broad SMARTS) is 1. The van der Waals surface area contributed by atoms with Gasteiger partial charge in [-0.15, -0.1) is 0 Å². The number of hydrogen-bond donors (Lipinski definition) is 2. The van der Waals surface area contributed by atoms with E-state index in [4.69, 9.17) is 5.11 Å². The van der Waals surface area contributed by atoms with Crippen LogP contribution < -0.4 is 5.32 Å². The highest BCUT2D eigenvalue weighted by Crippen LogP contribution is 2.47. The van der Waals surface area contributed by atoms with E-state index in [2.05, 4.69) is 12.2 Å². The first-order valence-electron chi connectivity index (χ1n) is 4.56. The summed E-state index contributed by atoms with van der Waals surface area (Å²) < 4.78 is 0. The number of aliphatic carboxylic acids is 1. The smallest absolute Gasteiger partial charge is 0.312 e. The van der Waals surface area contributed by atoms with E-state index >= 15 is 0 Å². The Balaban J connectivity index is 2.19. The molecule has 74 valence electrons. The third kappa shape index (κ3) is 3.05. The molecule has 2 N–H and O–H groups in total. The quantitative estimate of drug-likeness (QED) is 0.621. The van der Waals surface area contributed by atoms with Crippen molar-refractivity contribution < 1.29 is 14.7 Å². The predicted molar refractivity (Wildman–Crippen MR) is 47.2 cm³/mol. The molecule has 0 saturated heterocycles. The molecule has 4 nitrogen and oxygen atoms in total. The standard InChI is InChI=1S/C9H15NO3/c1-2-9(3-4-9)6-10-7(11)5-8(12)13/h2-6H2,1H3,(H,10,11)(H,12,13). The molecule has 0 aromatic rings. The van der Waals surface area contributed by atoms with Crippen molar-refractivity contribution in [1.82, 2.24) is 5.32 Å². The first kappa shape index (κ1) is 10.0. The molecular weight excluding hydrogens is 170 g/mol. The molecule has 1 aliphatic rings. The first-order valence-corrected chi connectivity index (χ1v) is 4.56. The molecule has 0 aliphatic heterocycles. The Kier molecular flexibility index (Phi) is 2.90. The minimum atomic E-state index is -1.07. The minimum absolute atomic E-state index is 0.286. The van der Waals surface area contributed by atoms with Gasteiger partial charge in [0.15, 0.2) is 0 Å². The van der Waals surface area contributed by atoms with Crippen molar-refractivity contribution in [3.8, 4) is 0 Å². The van der Waals surface area contributed by atoms with Gasteiger partial charge in [-0.2, -0.15) is 0 Å². The summed E-state index contributed by atoms with van der Waals surface area (Å²) in [5.74, 6) is -1.45. The fourth-order valence-electron chi connectivity index (χ4n) is 1.32. The van der Waals surface area contributed by atoms with Crippen LogP contribution in [-0.2, 0) is 9.59 Å². The van der Waals surface area contributed by atoms with Crippen LogP contribution in [0.25, 0.3) is 0 Å². The Hall–Kier alpha value is -1.06. The number of carboxylic acids is 1. The van der Waals surface area contributed by atoms with Gasteiger partial charge in [0.25, 0.3) is 0 Å². The summed E-state index contributed by atoms with van der Waals surface area (Å²) in [6, 6.07) is 0. The van der Waals surface area contributed by atoms with Crippen molar-refractivity contribution in [3.05, 3.63) is 0 Å². The monoisotopic (exact) mass is 185 g/mol. The molecule has 0 atom stereocenters. The van der Waals surface area contributed by atoms with Crippen LogP contribution in [0.4, 0.5) is 0 Å². The summed E-state index contributed by atoms with van der Waals surface area (Å²) in [7, 11) is 0. The van der Waals surface area contributed by atoms with Gasteiger partial charge >= 0.3 is 5.97 Å². The van der Waals surface area contributed by atoms with Crippen molar-refractivity contribution in [3.63, 3.8) is 0 Å². The summed E-state index contributed by atoms with van der Waals surface area (Å²) in [4.78, 5) is 21.1. The van der Waals surface area contributed by atoms with Gasteiger partial charge in [-0.1, -0.05) is 6.92 Å². The van der Waals surface area contributed by atoms with E-state index < -0.39 is 12.4 Å². The number of amides is 1. The van der Waals surface area contributed by atoms with E-state index in [1.165, 1.54) is 0 Å². The maximum Gasteiger partial charge on any atom is 0.312 e. The zero-order valence-electron chi connectivity index (χ0n) is 7.80. The Labute approximate surface area is 77.3 Å². The lowest BCUT2D eigenvalue weighted by atomic mass is 10.0. The lowest BCUT2D eigenvalue weighted by molar-refractivity contribution is -0.140. The Morgan fingerprint density at radius 1 is 1.46 bits per heavy atom. The van der Waals surface area contributed by atoms with Crippen LogP contribution in [0.15, 0.2) is 0 Å². The Bertz CT molecular complexity index is 221. The fraction of sp³-hybridized carbons (Fsp3) is 0.778. The van der Waals surface area contributed by atoms with Gasteiger partial charge < -0.3 is 10.4 Å². The molecular formula is C9H15NO3. The molecule has 4 heteroatoms. The molecule has 1 rings (SSSR count). The average molecular weight is 185 g/mol. The van der Waals surface area contributed by atoms with Crippen molar-refractivity contribution >= 4 is 11.9 Å². The van der Waals surface area contributed by atoms with Crippen molar-refractivity contribution in [2.75, 3.05) is 6.54 Å². The lowest BCUT2D eigenvalue weighted by Gasteiger charge is -2.12. The third-order valence-electron chi connectivity index (χ3n) is 2.68. The van der Waals surface area contributed by atoms with Crippen LogP contribution >= 0.6 is 0 Å². The third-order valence-corrected chi connectivity index (χ3v) is 2.68. The summed E-state index contributed by atoms with van der Waals surface area (Å²) in [6.45, 7) is 2.73. The molecule has 0 heterocycles. The molecule has 0 unspecified atom stereocenters. The number of carbonyl (C=O) groups excluding carboxylic acids is 1. The number of carbonyl (C=O) groups is 2. The van der Waals surface area contributed by atoms with Crippen molar-refractivity contribution in [1.29, 1.82) is 0 Å². The highest BCUT2D eigenvalue weighted by Gasteiger charge is 2.40. The molecule has 13 heavy (non-hydrogen) atoms. The largest absolute Gasteiger partial charge is 0.481 e. The lowest BCUT2D eigenvalue weighted by Crippen LogP contribution is -2.31. The van der Waals surface area contributed by atoms with Gasteiger partial charge in [0.2, 0.25) is 5.91 Å². The van der Waals surface area contributed by atoms with E-state index in [9.17, 15) is 9.59 Å². The van der Waals surface area contributed by atoms with Crippen molar-refractivity contribution in [2.45, 2.75) is 32.6 Å². The summed E-state index contributed by atoms with van der Waals surface area (Å²) in [5, 5.41) is 11.0. The van der Waals surface area contributed by atoms with E-state index in [1.54, 1.807) is 0 Å². The van der Waals surface area contributed by atoms with Crippen LogP contribution in [-0.4, -0.2) is 23.5 Å². The molecule has 0 aromatic carbocycles. The maximum absolute atomic E-state index is 11.0. The molecule has 0 bridgehead atoms.